The number of carbonyl (C=O) groups excluding carboxylic acids is 1. The van der Waals surface area contributed by atoms with Gasteiger partial charge in [0.25, 0.3) is 0 Å². The van der Waals surface area contributed by atoms with Crippen LogP contribution in [0, 0.1) is 0 Å². The van der Waals surface area contributed by atoms with Crippen LogP contribution in [0.15, 0.2) is 60.7 Å². The van der Waals surface area contributed by atoms with Gasteiger partial charge < -0.3 is 5.32 Å². The number of carbonyl (C=O) groups is 1. The average molecular weight is 398 g/mol. The van der Waals surface area contributed by atoms with E-state index in [4.69, 9.17) is 11.6 Å². The Morgan fingerprint density at radius 2 is 1.68 bits per heavy atom. The highest BCUT2D eigenvalue weighted by molar-refractivity contribution is 6.31. The van der Waals surface area contributed by atoms with Crippen LogP contribution in [0.3, 0.4) is 0 Å². The van der Waals surface area contributed by atoms with E-state index in [0.29, 0.717) is 11.6 Å². The molecule has 5 heteroatoms. The van der Waals surface area contributed by atoms with Gasteiger partial charge in [-0.2, -0.15) is 0 Å². The maximum Gasteiger partial charge on any atom is 0.234 e. The maximum atomic E-state index is 12.4. The number of amides is 1. The number of piperazine rings is 1. The summed E-state index contributed by atoms with van der Waals surface area (Å²) in [6, 6.07) is 17.9. The molecular weight excluding hydrogens is 370 g/mol. The van der Waals surface area contributed by atoms with Crippen LogP contribution in [0.25, 0.3) is 6.08 Å². The van der Waals surface area contributed by atoms with E-state index < -0.39 is 0 Å². The van der Waals surface area contributed by atoms with Crippen LogP contribution in [-0.2, 0) is 4.79 Å². The maximum absolute atomic E-state index is 12.4. The first kappa shape index (κ1) is 20.6. The van der Waals surface area contributed by atoms with Crippen molar-refractivity contribution >= 4 is 23.6 Å². The molecule has 0 spiro atoms. The molecule has 4 nitrogen and oxygen atoms in total. The lowest BCUT2D eigenvalue weighted by Crippen LogP contribution is -2.49. The standard InChI is InChI=1S/C23H28ClN3O/c1-19(21-11-5-6-12-22(21)24)25-23(28)18-27-16-14-26(15-17-27)13-7-10-20-8-3-2-4-9-20/h2-12,19H,13-18H2,1H3,(H,25,28)/b10-7+. The van der Waals surface area contributed by atoms with Crippen molar-refractivity contribution in [3.05, 3.63) is 76.8 Å². The molecule has 1 amide bonds. The smallest absolute Gasteiger partial charge is 0.234 e. The summed E-state index contributed by atoms with van der Waals surface area (Å²) in [5.74, 6) is 0.0462. The summed E-state index contributed by atoms with van der Waals surface area (Å²) >= 11 is 6.22. The topological polar surface area (TPSA) is 35.6 Å². The van der Waals surface area contributed by atoms with Gasteiger partial charge in [-0.1, -0.05) is 72.3 Å². The lowest BCUT2D eigenvalue weighted by Gasteiger charge is -2.33. The van der Waals surface area contributed by atoms with Crippen molar-refractivity contribution in [1.82, 2.24) is 15.1 Å². The quantitative estimate of drug-likeness (QED) is 0.770. The molecule has 0 aromatic heterocycles. The van der Waals surface area contributed by atoms with E-state index in [1.165, 1.54) is 5.56 Å². The first-order chi connectivity index (χ1) is 13.6. The Balaban J connectivity index is 1.38. The predicted molar refractivity (Wildman–Crippen MR) is 116 cm³/mol. The van der Waals surface area contributed by atoms with Gasteiger partial charge in [-0.3, -0.25) is 14.6 Å². The highest BCUT2D eigenvalue weighted by Gasteiger charge is 2.19. The van der Waals surface area contributed by atoms with E-state index in [1.807, 2.05) is 37.3 Å². The molecule has 28 heavy (non-hydrogen) atoms. The molecule has 1 N–H and O–H groups in total. The van der Waals surface area contributed by atoms with Crippen LogP contribution in [0.1, 0.15) is 24.1 Å². The number of nitrogens with zero attached hydrogens (tertiary/aromatic N) is 2. The van der Waals surface area contributed by atoms with Crippen LogP contribution in [0.4, 0.5) is 0 Å². The molecule has 1 aliphatic heterocycles. The molecule has 1 saturated heterocycles. The lowest BCUT2D eigenvalue weighted by atomic mass is 10.1. The molecule has 0 aliphatic carbocycles. The molecule has 2 aromatic rings. The van der Waals surface area contributed by atoms with Crippen molar-refractivity contribution in [2.75, 3.05) is 39.3 Å². The fourth-order valence-electron chi connectivity index (χ4n) is 3.43. The Hall–Kier alpha value is -2.14. The molecule has 1 atom stereocenters. The van der Waals surface area contributed by atoms with Gasteiger partial charge in [-0.25, -0.2) is 0 Å². The van der Waals surface area contributed by atoms with Crippen LogP contribution in [0.5, 0.6) is 0 Å². The molecule has 1 fully saturated rings. The van der Waals surface area contributed by atoms with Gasteiger partial charge in [0.2, 0.25) is 5.91 Å². The zero-order chi connectivity index (χ0) is 19.8. The summed E-state index contributed by atoms with van der Waals surface area (Å²) in [5.41, 5.74) is 2.18. The van der Waals surface area contributed by atoms with E-state index in [2.05, 4.69) is 51.5 Å². The van der Waals surface area contributed by atoms with Gasteiger partial charge in [0.15, 0.2) is 0 Å². The van der Waals surface area contributed by atoms with Crippen LogP contribution < -0.4 is 5.32 Å². The second-order valence-electron chi connectivity index (χ2n) is 7.20. The number of nitrogens with one attached hydrogen (secondary N) is 1. The fraction of sp³-hybridized carbons (Fsp3) is 0.348. The fourth-order valence-corrected chi connectivity index (χ4v) is 3.73. The summed E-state index contributed by atoms with van der Waals surface area (Å²) in [7, 11) is 0. The summed E-state index contributed by atoms with van der Waals surface area (Å²) in [6.07, 6.45) is 4.37. The summed E-state index contributed by atoms with van der Waals surface area (Å²) < 4.78 is 0. The van der Waals surface area contributed by atoms with Crippen LogP contribution in [0.2, 0.25) is 5.02 Å². The van der Waals surface area contributed by atoms with Gasteiger partial charge >= 0.3 is 0 Å². The van der Waals surface area contributed by atoms with Crippen molar-refractivity contribution in [2.45, 2.75) is 13.0 Å². The van der Waals surface area contributed by atoms with Gasteiger partial charge in [0.1, 0.15) is 0 Å². The molecule has 1 aliphatic rings. The van der Waals surface area contributed by atoms with Gasteiger partial charge in [-0.15, -0.1) is 0 Å². The average Bonchev–Trinajstić information content (AvgIpc) is 2.70. The normalized spacial score (nSPS) is 16.9. The van der Waals surface area contributed by atoms with E-state index in [1.54, 1.807) is 0 Å². The Morgan fingerprint density at radius 3 is 2.39 bits per heavy atom. The first-order valence-corrected chi connectivity index (χ1v) is 10.2. The predicted octanol–water partition coefficient (Wildman–Crippen LogP) is 3.85. The zero-order valence-corrected chi connectivity index (χ0v) is 17.1. The summed E-state index contributed by atoms with van der Waals surface area (Å²) in [5, 5.41) is 3.75. The Morgan fingerprint density at radius 1 is 1.04 bits per heavy atom. The number of benzene rings is 2. The Labute approximate surface area is 172 Å². The number of halogens is 1. The van der Waals surface area contributed by atoms with Crippen LogP contribution in [-0.4, -0.2) is 55.0 Å². The SMILES string of the molecule is CC(NC(=O)CN1CCN(C/C=C/c2ccccc2)CC1)c1ccccc1Cl. The minimum absolute atomic E-state index is 0.0462. The highest BCUT2D eigenvalue weighted by atomic mass is 35.5. The monoisotopic (exact) mass is 397 g/mol. The van der Waals surface area contributed by atoms with Crippen molar-refractivity contribution in [2.24, 2.45) is 0 Å². The molecule has 1 heterocycles. The molecule has 3 rings (SSSR count). The lowest BCUT2D eigenvalue weighted by molar-refractivity contribution is -0.123. The summed E-state index contributed by atoms with van der Waals surface area (Å²) in [6.45, 7) is 7.12. The third-order valence-electron chi connectivity index (χ3n) is 5.05. The molecule has 2 aromatic carbocycles. The largest absolute Gasteiger partial charge is 0.348 e. The second-order valence-corrected chi connectivity index (χ2v) is 7.61. The molecule has 0 bridgehead atoms. The number of hydrogen-bond acceptors (Lipinski definition) is 3. The van der Waals surface area contributed by atoms with Crippen molar-refractivity contribution in [3.8, 4) is 0 Å². The van der Waals surface area contributed by atoms with Crippen molar-refractivity contribution in [3.63, 3.8) is 0 Å². The highest BCUT2D eigenvalue weighted by Crippen LogP contribution is 2.22. The second kappa shape index (κ2) is 10.4. The van der Waals surface area contributed by atoms with E-state index in [0.717, 1.165) is 38.3 Å². The molecule has 0 radical (unpaired) electrons. The van der Waals surface area contributed by atoms with Gasteiger partial charge in [0, 0.05) is 37.7 Å². The zero-order valence-electron chi connectivity index (χ0n) is 16.4. The molecular formula is C23H28ClN3O. The van der Waals surface area contributed by atoms with Gasteiger partial charge in [-0.05, 0) is 24.1 Å². The van der Waals surface area contributed by atoms with Crippen molar-refractivity contribution < 1.29 is 4.79 Å². The van der Waals surface area contributed by atoms with Crippen molar-refractivity contribution in [1.29, 1.82) is 0 Å². The third-order valence-corrected chi connectivity index (χ3v) is 5.40. The first-order valence-electron chi connectivity index (χ1n) is 9.82. The minimum atomic E-state index is -0.0920. The third kappa shape index (κ3) is 6.20. The van der Waals surface area contributed by atoms with E-state index >= 15 is 0 Å². The molecule has 1 unspecified atom stereocenters. The minimum Gasteiger partial charge on any atom is -0.348 e. The Kier molecular flexibility index (Phi) is 7.66. The molecule has 148 valence electrons. The summed E-state index contributed by atoms with van der Waals surface area (Å²) in [4.78, 5) is 17.0. The Bertz CT molecular complexity index is 785. The molecule has 0 saturated carbocycles. The van der Waals surface area contributed by atoms with Crippen LogP contribution >= 0.6 is 11.6 Å². The van der Waals surface area contributed by atoms with Gasteiger partial charge in [0.05, 0.1) is 12.6 Å². The van der Waals surface area contributed by atoms with E-state index in [-0.39, 0.29) is 11.9 Å². The number of hydrogen-bond donors (Lipinski definition) is 1. The van der Waals surface area contributed by atoms with E-state index in [9.17, 15) is 4.79 Å². The number of rotatable bonds is 7.